The lowest BCUT2D eigenvalue weighted by atomic mass is 10.0. The maximum atomic E-state index is 11.9. The molecule has 1 saturated heterocycles. The molecule has 2 rings (SSSR count). The van der Waals surface area contributed by atoms with Gasteiger partial charge in [-0.2, -0.15) is 0 Å². The average molecular weight is 263 g/mol. The Kier molecular flexibility index (Phi) is 3.99. The van der Waals surface area contributed by atoms with E-state index in [1.54, 1.807) is 7.05 Å². The SMILES string of the molecule is CNC(=O)C1CCCCN1c1cc(C(=O)O)ccn1. The van der Waals surface area contributed by atoms with Crippen molar-refractivity contribution in [2.45, 2.75) is 25.3 Å². The third-order valence-corrected chi connectivity index (χ3v) is 3.34. The van der Waals surface area contributed by atoms with Crippen molar-refractivity contribution in [3.63, 3.8) is 0 Å². The van der Waals surface area contributed by atoms with Gasteiger partial charge in [-0.15, -0.1) is 0 Å². The normalized spacial score (nSPS) is 19.0. The van der Waals surface area contributed by atoms with Crippen LogP contribution in [0.15, 0.2) is 18.3 Å². The summed E-state index contributed by atoms with van der Waals surface area (Å²) >= 11 is 0. The molecule has 6 heteroatoms. The van der Waals surface area contributed by atoms with Crippen molar-refractivity contribution in [2.75, 3.05) is 18.5 Å². The predicted molar refractivity (Wildman–Crippen MR) is 70.2 cm³/mol. The fraction of sp³-hybridized carbons (Fsp3) is 0.462. The first-order chi connectivity index (χ1) is 9.13. The molecule has 0 bridgehead atoms. The smallest absolute Gasteiger partial charge is 0.335 e. The van der Waals surface area contributed by atoms with Gasteiger partial charge in [0, 0.05) is 19.8 Å². The summed E-state index contributed by atoms with van der Waals surface area (Å²) in [6.07, 6.45) is 4.20. The summed E-state index contributed by atoms with van der Waals surface area (Å²) in [6.45, 7) is 0.716. The van der Waals surface area contributed by atoms with Crippen LogP contribution < -0.4 is 10.2 Å². The lowest BCUT2D eigenvalue weighted by molar-refractivity contribution is -0.122. The Labute approximate surface area is 111 Å². The van der Waals surface area contributed by atoms with E-state index in [1.165, 1.54) is 18.3 Å². The first-order valence-electron chi connectivity index (χ1n) is 6.31. The fourth-order valence-electron chi connectivity index (χ4n) is 2.35. The Hall–Kier alpha value is -2.11. The number of nitrogens with one attached hydrogen (secondary N) is 1. The van der Waals surface area contributed by atoms with E-state index >= 15 is 0 Å². The number of piperidine rings is 1. The van der Waals surface area contributed by atoms with Crippen LogP contribution in [0.3, 0.4) is 0 Å². The van der Waals surface area contributed by atoms with E-state index in [-0.39, 0.29) is 17.5 Å². The number of carbonyl (C=O) groups is 2. The molecule has 0 radical (unpaired) electrons. The molecule has 2 N–H and O–H groups in total. The molecule has 0 aliphatic carbocycles. The molecule has 1 aliphatic rings. The largest absolute Gasteiger partial charge is 0.478 e. The number of carboxylic acids is 1. The van der Waals surface area contributed by atoms with E-state index in [1.807, 2.05) is 4.90 Å². The van der Waals surface area contributed by atoms with Crippen LogP contribution in [0, 0.1) is 0 Å². The first-order valence-corrected chi connectivity index (χ1v) is 6.31. The zero-order chi connectivity index (χ0) is 13.8. The molecule has 2 heterocycles. The molecule has 1 fully saturated rings. The number of aromatic nitrogens is 1. The van der Waals surface area contributed by atoms with Gasteiger partial charge < -0.3 is 15.3 Å². The van der Waals surface area contributed by atoms with Crippen molar-refractivity contribution in [1.82, 2.24) is 10.3 Å². The number of hydrogen-bond donors (Lipinski definition) is 2. The van der Waals surface area contributed by atoms with Gasteiger partial charge in [0.1, 0.15) is 11.9 Å². The summed E-state index contributed by atoms with van der Waals surface area (Å²) in [4.78, 5) is 28.9. The summed E-state index contributed by atoms with van der Waals surface area (Å²) in [6, 6.07) is 2.70. The van der Waals surface area contributed by atoms with Gasteiger partial charge >= 0.3 is 5.97 Å². The number of anilines is 1. The molecule has 1 aliphatic heterocycles. The van der Waals surface area contributed by atoms with Gasteiger partial charge in [-0.3, -0.25) is 4.79 Å². The van der Waals surface area contributed by atoms with E-state index in [9.17, 15) is 9.59 Å². The van der Waals surface area contributed by atoms with Gasteiger partial charge in [0.05, 0.1) is 5.56 Å². The van der Waals surface area contributed by atoms with Crippen LogP contribution in [-0.2, 0) is 4.79 Å². The monoisotopic (exact) mass is 263 g/mol. The van der Waals surface area contributed by atoms with Crippen LogP contribution >= 0.6 is 0 Å². The molecular weight excluding hydrogens is 246 g/mol. The van der Waals surface area contributed by atoms with Gasteiger partial charge in [-0.05, 0) is 31.4 Å². The molecule has 19 heavy (non-hydrogen) atoms. The van der Waals surface area contributed by atoms with Crippen LogP contribution in [0.2, 0.25) is 0 Å². The van der Waals surface area contributed by atoms with Gasteiger partial charge in [-0.1, -0.05) is 0 Å². The van der Waals surface area contributed by atoms with Gasteiger partial charge in [0.15, 0.2) is 0 Å². The second-order valence-corrected chi connectivity index (χ2v) is 4.53. The van der Waals surface area contributed by atoms with Crippen LogP contribution in [-0.4, -0.2) is 41.6 Å². The highest BCUT2D eigenvalue weighted by molar-refractivity contribution is 5.89. The molecule has 1 atom stereocenters. The minimum Gasteiger partial charge on any atom is -0.478 e. The van der Waals surface area contributed by atoms with Crippen LogP contribution in [0.25, 0.3) is 0 Å². The van der Waals surface area contributed by atoms with E-state index in [0.29, 0.717) is 12.4 Å². The summed E-state index contributed by atoms with van der Waals surface area (Å²) in [7, 11) is 1.61. The molecule has 1 aromatic heterocycles. The zero-order valence-corrected chi connectivity index (χ0v) is 10.8. The molecule has 0 saturated carbocycles. The van der Waals surface area contributed by atoms with Gasteiger partial charge in [-0.25, -0.2) is 9.78 Å². The Bertz CT molecular complexity index is 490. The Morgan fingerprint density at radius 1 is 1.47 bits per heavy atom. The summed E-state index contributed by atoms with van der Waals surface area (Å²) in [5.41, 5.74) is 0.186. The van der Waals surface area contributed by atoms with Crippen molar-refractivity contribution in [3.8, 4) is 0 Å². The van der Waals surface area contributed by atoms with Crippen LogP contribution in [0.1, 0.15) is 29.6 Å². The third-order valence-electron chi connectivity index (χ3n) is 3.34. The van der Waals surface area contributed by atoms with E-state index < -0.39 is 5.97 Å². The lowest BCUT2D eigenvalue weighted by Crippen LogP contribution is -2.49. The molecule has 1 amide bonds. The number of nitrogens with zero attached hydrogens (tertiary/aromatic N) is 2. The number of rotatable bonds is 3. The quantitative estimate of drug-likeness (QED) is 0.846. The summed E-state index contributed by atoms with van der Waals surface area (Å²) in [5.74, 6) is -0.493. The Morgan fingerprint density at radius 3 is 2.95 bits per heavy atom. The molecule has 1 unspecified atom stereocenters. The Morgan fingerprint density at radius 2 is 2.26 bits per heavy atom. The highest BCUT2D eigenvalue weighted by Gasteiger charge is 2.29. The number of carboxylic acid groups (broad SMARTS) is 1. The van der Waals surface area contributed by atoms with E-state index in [0.717, 1.165) is 19.3 Å². The van der Waals surface area contributed by atoms with Crippen molar-refractivity contribution < 1.29 is 14.7 Å². The minimum atomic E-state index is -0.989. The molecular formula is C13H17N3O3. The maximum absolute atomic E-state index is 11.9. The van der Waals surface area contributed by atoms with Gasteiger partial charge in [0.2, 0.25) is 5.91 Å². The lowest BCUT2D eigenvalue weighted by Gasteiger charge is -2.35. The molecule has 0 aromatic carbocycles. The predicted octanol–water partition coefficient (Wildman–Crippen LogP) is 0.885. The average Bonchev–Trinajstić information content (AvgIpc) is 2.46. The Balaban J connectivity index is 2.29. The number of likely N-dealkylation sites (N-methyl/N-ethyl adjacent to an activating group) is 1. The number of carbonyl (C=O) groups excluding carboxylic acids is 1. The molecule has 102 valence electrons. The number of amides is 1. The molecule has 1 aromatic rings. The molecule has 6 nitrogen and oxygen atoms in total. The van der Waals surface area contributed by atoms with Crippen LogP contribution in [0.5, 0.6) is 0 Å². The van der Waals surface area contributed by atoms with Crippen molar-refractivity contribution in [1.29, 1.82) is 0 Å². The zero-order valence-electron chi connectivity index (χ0n) is 10.8. The second kappa shape index (κ2) is 5.69. The van der Waals surface area contributed by atoms with Crippen molar-refractivity contribution in [2.24, 2.45) is 0 Å². The van der Waals surface area contributed by atoms with Crippen molar-refractivity contribution in [3.05, 3.63) is 23.9 Å². The standard InChI is InChI=1S/C13H17N3O3/c1-14-12(17)10-4-2-3-7-16(10)11-8-9(13(18)19)5-6-15-11/h5-6,8,10H,2-4,7H2,1H3,(H,14,17)(H,18,19). The van der Waals surface area contributed by atoms with Crippen molar-refractivity contribution >= 4 is 17.7 Å². The fourth-order valence-corrected chi connectivity index (χ4v) is 2.35. The second-order valence-electron chi connectivity index (χ2n) is 4.53. The summed E-state index contributed by atoms with van der Waals surface area (Å²) in [5, 5.41) is 11.7. The number of pyridine rings is 1. The maximum Gasteiger partial charge on any atom is 0.335 e. The highest BCUT2D eigenvalue weighted by Crippen LogP contribution is 2.23. The number of hydrogen-bond acceptors (Lipinski definition) is 4. The first kappa shape index (κ1) is 13.3. The molecule has 0 spiro atoms. The van der Waals surface area contributed by atoms with Gasteiger partial charge in [0.25, 0.3) is 0 Å². The number of aromatic carboxylic acids is 1. The van der Waals surface area contributed by atoms with E-state index in [2.05, 4.69) is 10.3 Å². The minimum absolute atomic E-state index is 0.0535. The van der Waals surface area contributed by atoms with Crippen LogP contribution in [0.4, 0.5) is 5.82 Å². The third kappa shape index (κ3) is 2.83. The topological polar surface area (TPSA) is 82.5 Å². The summed E-state index contributed by atoms with van der Waals surface area (Å²) < 4.78 is 0. The van der Waals surface area contributed by atoms with E-state index in [4.69, 9.17) is 5.11 Å². The highest BCUT2D eigenvalue weighted by atomic mass is 16.4.